The van der Waals surface area contributed by atoms with Gasteiger partial charge in [0.15, 0.2) is 0 Å². The number of halogens is 1. The van der Waals surface area contributed by atoms with E-state index in [2.05, 4.69) is 23.3 Å². The predicted octanol–water partition coefficient (Wildman–Crippen LogP) is 4.61. The molecule has 0 aliphatic rings. The Bertz CT molecular complexity index is 745. The minimum absolute atomic E-state index is 0.512. The normalized spacial score (nSPS) is 11.2. The molecule has 0 fully saturated rings. The van der Waals surface area contributed by atoms with Crippen LogP contribution in [0.3, 0.4) is 0 Å². The Balaban J connectivity index is 2.23. The molecule has 0 atom stereocenters. The SMILES string of the molecule is C=CCOCn1c2ccccc2c2cc(Cl)ccc21. The van der Waals surface area contributed by atoms with Gasteiger partial charge in [0.05, 0.1) is 17.6 Å². The third-order valence-electron chi connectivity index (χ3n) is 3.19. The van der Waals surface area contributed by atoms with Crippen molar-refractivity contribution in [2.24, 2.45) is 0 Å². The minimum atomic E-state index is 0.512. The molecule has 96 valence electrons. The van der Waals surface area contributed by atoms with E-state index in [1.165, 1.54) is 5.39 Å². The van der Waals surface area contributed by atoms with Gasteiger partial charge in [0, 0.05) is 15.8 Å². The van der Waals surface area contributed by atoms with E-state index in [0.717, 1.165) is 21.4 Å². The van der Waals surface area contributed by atoms with Crippen LogP contribution in [0.1, 0.15) is 0 Å². The first-order valence-corrected chi connectivity index (χ1v) is 6.54. The summed E-state index contributed by atoms with van der Waals surface area (Å²) in [7, 11) is 0. The van der Waals surface area contributed by atoms with Crippen molar-refractivity contribution in [3.8, 4) is 0 Å². The largest absolute Gasteiger partial charge is 0.357 e. The van der Waals surface area contributed by atoms with Crippen LogP contribution in [0.2, 0.25) is 5.02 Å². The number of hydrogen-bond acceptors (Lipinski definition) is 1. The average molecular weight is 272 g/mol. The average Bonchev–Trinajstić information content (AvgIpc) is 2.73. The van der Waals surface area contributed by atoms with Crippen LogP contribution in [0.15, 0.2) is 55.1 Å². The first kappa shape index (κ1) is 12.3. The molecule has 0 aliphatic heterocycles. The summed E-state index contributed by atoms with van der Waals surface area (Å²) in [6.45, 7) is 4.72. The van der Waals surface area contributed by atoms with Gasteiger partial charge in [-0.25, -0.2) is 0 Å². The van der Waals surface area contributed by atoms with Crippen molar-refractivity contribution in [3.05, 3.63) is 60.1 Å². The van der Waals surface area contributed by atoms with Crippen LogP contribution >= 0.6 is 11.6 Å². The predicted molar refractivity (Wildman–Crippen MR) is 80.6 cm³/mol. The standard InChI is InChI=1S/C16H14ClNO/c1-2-9-19-11-18-15-6-4-3-5-13(15)14-10-12(17)7-8-16(14)18/h2-8,10H,1,9,11H2. The number of fused-ring (bicyclic) bond motifs is 3. The number of para-hydroxylation sites is 1. The van der Waals surface area contributed by atoms with E-state index in [9.17, 15) is 0 Å². The molecule has 1 aromatic heterocycles. The van der Waals surface area contributed by atoms with Gasteiger partial charge in [0.1, 0.15) is 6.73 Å². The van der Waals surface area contributed by atoms with Crippen molar-refractivity contribution in [1.82, 2.24) is 4.57 Å². The zero-order chi connectivity index (χ0) is 13.2. The molecule has 0 spiro atoms. The molecule has 0 bridgehead atoms. The maximum absolute atomic E-state index is 6.10. The van der Waals surface area contributed by atoms with E-state index in [1.54, 1.807) is 6.08 Å². The molecule has 0 amide bonds. The topological polar surface area (TPSA) is 14.2 Å². The molecule has 1 heterocycles. The zero-order valence-electron chi connectivity index (χ0n) is 10.5. The van der Waals surface area contributed by atoms with Gasteiger partial charge in [0.2, 0.25) is 0 Å². The molecule has 0 unspecified atom stereocenters. The third-order valence-corrected chi connectivity index (χ3v) is 3.43. The summed E-state index contributed by atoms with van der Waals surface area (Å²) in [4.78, 5) is 0. The molecule has 0 radical (unpaired) electrons. The molecule has 19 heavy (non-hydrogen) atoms. The number of rotatable bonds is 4. The van der Waals surface area contributed by atoms with Crippen molar-refractivity contribution in [2.75, 3.05) is 6.61 Å². The van der Waals surface area contributed by atoms with Crippen LogP contribution in [-0.4, -0.2) is 11.2 Å². The molecule has 2 nitrogen and oxygen atoms in total. The van der Waals surface area contributed by atoms with Crippen molar-refractivity contribution in [3.63, 3.8) is 0 Å². The number of ether oxygens (including phenoxy) is 1. The van der Waals surface area contributed by atoms with Crippen molar-refractivity contribution >= 4 is 33.4 Å². The molecule has 3 aromatic rings. The lowest BCUT2D eigenvalue weighted by atomic mass is 10.2. The van der Waals surface area contributed by atoms with Crippen LogP contribution in [0.25, 0.3) is 21.8 Å². The fraction of sp³-hybridized carbons (Fsp3) is 0.125. The number of benzene rings is 2. The highest BCUT2D eigenvalue weighted by Gasteiger charge is 2.10. The molecule has 0 saturated carbocycles. The summed E-state index contributed by atoms with van der Waals surface area (Å²) in [5.74, 6) is 0. The monoisotopic (exact) mass is 271 g/mol. The molecule has 2 aromatic carbocycles. The highest BCUT2D eigenvalue weighted by Crippen LogP contribution is 2.30. The molecule has 3 rings (SSSR count). The second kappa shape index (κ2) is 5.08. The summed E-state index contributed by atoms with van der Waals surface area (Å²) >= 11 is 6.10. The third kappa shape index (κ3) is 2.14. The number of aromatic nitrogens is 1. The Hall–Kier alpha value is -1.77. The fourth-order valence-corrected chi connectivity index (χ4v) is 2.56. The van der Waals surface area contributed by atoms with Crippen LogP contribution in [-0.2, 0) is 11.5 Å². The lowest BCUT2D eigenvalue weighted by Crippen LogP contribution is -2.01. The second-order valence-corrected chi connectivity index (χ2v) is 4.83. The van der Waals surface area contributed by atoms with Gasteiger partial charge in [0.25, 0.3) is 0 Å². The maximum atomic E-state index is 6.10. The van der Waals surface area contributed by atoms with Gasteiger partial charge < -0.3 is 9.30 Å². The van der Waals surface area contributed by atoms with Crippen LogP contribution in [0.5, 0.6) is 0 Å². The number of nitrogens with zero attached hydrogens (tertiary/aromatic N) is 1. The Morgan fingerprint density at radius 2 is 1.89 bits per heavy atom. The summed E-state index contributed by atoms with van der Waals surface area (Å²) in [5.41, 5.74) is 2.29. The summed E-state index contributed by atoms with van der Waals surface area (Å²) < 4.78 is 7.74. The van der Waals surface area contributed by atoms with Gasteiger partial charge >= 0.3 is 0 Å². The molecular formula is C16H14ClNO. The van der Waals surface area contributed by atoms with Gasteiger partial charge in [-0.05, 0) is 24.3 Å². The molecule has 0 saturated heterocycles. The quantitative estimate of drug-likeness (QED) is 0.499. The first-order chi connectivity index (χ1) is 9.31. The molecule has 0 aliphatic carbocycles. The summed E-state index contributed by atoms with van der Waals surface area (Å²) in [5, 5.41) is 3.11. The van der Waals surface area contributed by atoms with E-state index in [4.69, 9.17) is 16.3 Å². The summed E-state index contributed by atoms with van der Waals surface area (Å²) in [6, 6.07) is 14.2. The maximum Gasteiger partial charge on any atom is 0.123 e. The van der Waals surface area contributed by atoms with Crippen molar-refractivity contribution in [1.29, 1.82) is 0 Å². The lowest BCUT2D eigenvalue weighted by molar-refractivity contribution is 0.106. The Kier molecular flexibility index (Phi) is 3.28. The highest BCUT2D eigenvalue weighted by molar-refractivity contribution is 6.31. The molecule has 0 N–H and O–H groups in total. The van der Waals surface area contributed by atoms with Crippen molar-refractivity contribution in [2.45, 2.75) is 6.73 Å². The van der Waals surface area contributed by atoms with Gasteiger partial charge in [-0.15, -0.1) is 6.58 Å². The van der Waals surface area contributed by atoms with Crippen LogP contribution in [0.4, 0.5) is 0 Å². The Labute approximate surface area is 116 Å². The van der Waals surface area contributed by atoms with E-state index in [1.807, 2.05) is 30.3 Å². The Morgan fingerprint density at radius 1 is 1.11 bits per heavy atom. The van der Waals surface area contributed by atoms with E-state index < -0.39 is 0 Å². The van der Waals surface area contributed by atoms with Gasteiger partial charge in [-0.2, -0.15) is 0 Å². The van der Waals surface area contributed by atoms with E-state index in [0.29, 0.717) is 13.3 Å². The molecular weight excluding hydrogens is 258 g/mol. The minimum Gasteiger partial charge on any atom is -0.357 e. The molecule has 3 heteroatoms. The van der Waals surface area contributed by atoms with Gasteiger partial charge in [-0.1, -0.05) is 35.9 Å². The van der Waals surface area contributed by atoms with Crippen molar-refractivity contribution < 1.29 is 4.74 Å². The van der Waals surface area contributed by atoms with Crippen LogP contribution < -0.4 is 0 Å². The fourth-order valence-electron chi connectivity index (χ4n) is 2.39. The lowest BCUT2D eigenvalue weighted by Gasteiger charge is -2.07. The van der Waals surface area contributed by atoms with E-state index >= 15 is 0 Å². The highest BCUT2D eigenvalue weighted by atomic mass is 35.5. The smallest absolute Gasteiger partial charge is 0.123 e. The number of hydrogen-bond donors (Lipinski definition) is 0. The first-order valence-electron chi connectivity index (χ1n) is 6.16. The van der Waals surface area contributed by atoms with Gasteiger partial charge in [-0.3, -0.25) is 0 Å². The van der Waals surface area contributed by atoms with Crippen LogP contribution in [0, 0.1) is 0 Å². The second-order valence-electron chi connectivity index (χ2n) is 4.40. The van der Waals surface area contributed by atoms with E-state index in [-0.39, 0.29) is 0 Å². The summed E-state index contributed by atoms with van der Waals surface area (Å²) in [6.07, 6.45) is 1.75. The zero-order valence-corrected chi connectivity index (χ0v) is 11.2. The Morgan fingerprint density at radius 3 is 2.74 bits per heavy atom.